The Bertz CT molecular complexity index is 771. The van der Waals surface area contributed by atoms with Crippen molar-refractivity contribution < 1.29 is 14.3 Å². The number of carbonyl (C=O) groups is 2. The van der Waals surface area contributed by atoms with E-state index in [1.54, 1.807) is 24.3 Å². The van der Waals surface area contributed by atoms with Crippen LogP contribution in [0.1, 0.15) is 15.9 Å². The Kier molecular flexibility index (Phi) is 2.58. The summed E-state index contributed by atoms with van der Waals surface area (Å²) in [5, 5.41) is 2.77. The highest BCUT2D eigenvalue weighted by atomic mass is 79.9. The van der Waals surface area contributed by atoms with Gasteiger partial charge in [0, 0.05) is 21.3 Å². The third-order valence-corrected chi connectivity index (χ3v) is 4.42. The lowest BCUT2D eigenvalue weighted by molar-refractivity contribution is -0.120. The number of ether oxygens (including phenoxy) is 1. The lowest BCUT2D eigenvalue weighted by atomic mass is 9.92. The first kappa shape index (κ1) is 12.7. The fraction of sp³-hybridized carbons (Fsp3) is 0.125. The van der Waals surface area contributed by atoms with Crippen molar-refractivity contribution in [3.8, 4) is 0 Å². The molecule has 0 unspecified atom stereocenters. The molecular formula is C16H10BrNO3. The average molecular weight is 344 g/mol. The second-order valence-electron chi connectivity index (χ2n) is 5.10. The number of rotatable bonds is 2. The molecule has 0 aliphatic carbocycles. The second kappa shape index (κ2) is 4.26. The summed E-state index contributed by atoms with van der Waals surface area (Å²) >= 11 is 3.33. The van der Waals surface area contributed by atoms with Crippen molar-refractivity contribution in [2.45, 2.75) is 11.7 Å². The first-order valence-electron chi connectivity index (χ1n) is 6.51. The first-order valence-corrected chi connectivity index (χ1v) is 7.31. The summed E-state index contributed by atoms with van der Waals surface area (Å²) in [6.07, 6.45) is -0.748. The summed E-state index contributed by atoms with van der Waals surface area (Å²) in [6, 6.07) is 14.3. The monoisotopic (exact) mass is 343 g/mol. The molecule has 104 valence electrons. The number of Topliss-reactive ketones (excluding diaryl/α,β-unsaturated/α-hetero) is 1. The molecule has 2 aromatic rings. The highest BCUT2D eigenvalue weighted by molar-refractivity contribution is 9.10. The van der Waals surface area contributed by atoms with Gasteiger partial charge in [-0.25, -0.2) is 0 Å². The lowest BCUT2D eigenvalue weighted by Gasteiger charge is -2.02. The minimum atomic E-state index is -1.14. The third-order valence-electron chi connectivity index (χ3n) is 3.90. The van der Waals surface area contributed by atoms with Crippen LogP contribution in [0.15, 0.2) is 53.0 Å². The van der Waals surface area contributed by atoms with E-state index in [1.807, 2.05) is 24.3 Å². The van der Waals surface area contributed by atoms with Crippen LogP contribution in [0.2, 0.25) is 0 Å². The van der Waals surface area contributed by atoms with Crippen molar-refractivity contribution in [2.24, 2.45) is 0 Å². The molecule has 0 aromatic heterocycles. The number of para-hydroxylation sites is 1. The van der Waals surface area contributed by atoms with Crippen LogP contribution in [0.25, 0.3) is 0 Å². The molecule has 2 heterocycles. The maximum absolute atomic E-state index is 12.5. The molecule has 2 aliphatic rings. The predicted molar refractivity (Wildman–Crippen MR) is 80.1 cm³/mol. The minimum absolute atomic E-state index is 0.172. The Labute approximate surface area is 129 Å². The standard InChI is InChI=1S/C16H10BrNO3/c17-10-7-5-9(6-8-10)13(19)14-16(21-14)11-3-1-2-4-12(11)18-15(16)20/h1-8,14H,(H,18,20)/t14-,16+/m1/s1. The van der Waals surface area contributed by atoms with Gasteiger partial charge in [0.25, 0.3) is 5.91 Å². The number of nitrogens with one attached hydrogen (secondary N) is 1. The van der Waals surface area contributed by atoms with Gasteiger partial charge in [0.2, 0.25) is 5.60 Å². The topological polar surface area (TPSA) is 58.7 Å². The van der Waals surface area contributed by atoms with Gasteiger partial charge in [0.1, 0.15) is 0 Å². The number of epoxide rings is 1. The normalized spacial score (nSPS) is 25.6. The quantitative estimate of drug-likeness (QED) is 0.673. The van der Waals surface area contributed by atoms with Crippen LogP contribution < -0.4 is 5.32 Å². The van der Waals surface area contributed by atoms with Crippen LogP contribution >= 0.6 is 15.9 Å². The molecule has 1 saturated heterocycles. The van der Waals surface area contributed by atoms with Crippen LogP contribution in [-0.2, 0) is 15.1 Å². The number of halogens is 1. The van der Waals surface area contributed by atoms with Crippen molar-refractivity contribution in [3.63, 3.8) is 0 Å². The summed E-state index contributed by atoms with van der Waals surface area (Å²) in [5.41, 5.74) is 0.858. The second-order valence-corrected chi connectivity index (χ2v) is 6.02. The molecule has 4 nitrogen and oxygen atoms in total. The molecule has 0 bridgehead atoms. The molecule has 1 spiro atoms. The Morgan fingerprint density at radius 3 is 2.62 bits per heavy atom. The number of benzene rings is 2. The fourth-order valence-corrected chi connectivity index (χ4v) is 3.05. The zero-order chi connectivity index (χ0) is 14.6. The van der Waals surface area contributed by atoms with Gasteiger partial charge in [0.05, 0.1) is 0 Å². The van der Waals surface area contributed by atoms with Gasteiger partial charge in [-0.2, -0.15) is 0 Å². The van der Waals surface area contributed by atoms with Crippen molar-refractivity contribution >= 4 is 33.3 Å². The van der Waals surface area contributed by atoms with Gasteiger partial charge in [-0.05, 0) is 18.2 Å². The molecule has 5 heteroatoms. The zero-order valence-electron chi connectivity index (χ0n) is 10.8. The molecule has 4 rings (SSSR count). The summed E-state index contributed by atoms with van der Waals surface area (Å²) in [5.74, 6) is -0.437. The summed E-state index contributed by atoms with van der Waals surface area (Å²) in [7, 11) is 0. The highest BCUT2D eigenvalue weighted by Gasteiger charge is 2.70. The van der Waals surface area contributed by atoms with E-state index < -0.39 is 11.7 Å². The SMILES string of the molecule is O=C(c1ccc(Br)cc1)[C@H]1O[C@]12C(=O)Nc1ccccc12. The molecule has 1 amide bonds. The van der Waals surface area contributed by atoms with Crippen molar-refractivity contribution in [1.82, 2.24) is 0 Å². The maximum atomic E-state index is 12.5. The molecular weight excluding hydrogens is 334 g/mol. The molecule has 0 saturated carbocycles. The van der Waals surface area contributed by atoms with Gasteiger partial charge in [0.15, 0.2) is 11.9 Å². The smallest absolute Gasteiger partial charge is 0.264 e. The summed E-state index contributed by atoms with van der Waals surface area (Å²) < 4.78 is 6.47. The number of amides is 1. The lowest BCUT2D eigenvalue weighted by Crippen LogP contribution is -2.27. The number of ketones is 1. The van der Waals surface area contributed by atoms with E-state index in [0.717, 1.165) is 10.0 Å². The molecule has 2 atom stereocenters. The number of carbonyl (C=O) groups excluding carboxylic acids is 2. The van der Waals surface area contributed by atoms with Crippen LogP contribution in [0.4, 0.5) is 5.69 Å². The van der Waals surface area contributed by atoms with Gasteiger partial charge < -0.3 is 10.1 Å². The van der Waals surface area contributed by atoms with Gasteiger partial charge in [-0.15, -0.1) is 0 Å². The van der Waals surface area contributed by atoms with Crippen LogP contribution in [0.5, 0.6) is 0 Å². The molecule has 21 heavy (non-hydrogen) atoms. The Morgan fingerprint density at radius 2 is 1.86 bits per heavy atom. The number of anilines is 1. The average Bonchev–Trinajstić information content (AvgIpc) is 3.18. The Morgan fingerprint density at radius 1 is 1.14 bits per heavy atom. The molecule has 1 fully saturated rings. The van der Waals surface area contributed by atoms with E-state index in [4.69, 9.17) is 4.74 Å². The number of hydrogen-bond acceptors (Lipinski definition) is 3. The number of fused-ring (bicyclic) bond motifs is 2. The van der Waals surface area contributed by atoms with Crippen molar-refractivity contribution in [3.05, 3.63) is 64.1 Å². The van der Waals surface area contributed by atoms with E-state index in [9.17, 15) is 9.59 Å². The van der Waals surface area contributed by atoms with E-state index >= 15 is 0 Å². The third kappa shape index (κ3) is 1.71. The van der Waals surface area contributed by atoms with Gasteiger partial charge in [-0.3, -0.25) is 9.59 Å². The minimum Gasteiger partial charge on any atom is -0.342 e. The molecule has 2 aliphatic heterocycles. The maximum Gasteiger partial charge on any atom is 0.264 e. The van der Waals surface area contributed by atoms with Crippen LogP contribution in [0.3, 0.4) is 0 Å². The molecule has 2 aromatic carbocycles. The van der Waals surface area contributed by atoms with Crippen molar-refractivity contribution in [2.75, 3.05) is 5.32 Å². The van der Waals surface area contributed by atoms with E-state index in [1.165, 1.54) is 0 Å². The highest BCUT2D eigenvalue weighted by Crippen LogP contribution is 2.54. The first-order chi connectivity index (χ1) is 10.1. The van der Waals surface area contributed by atoms with E-state index in [0.29, 0.717) is 11.3 Å². The number of hydrogen-bond donors (Lipinski definition) is 1. The van der Waals surface area contributed by atoms with Crippen molar-refractivity contribution in [1.29, 1.82) is 0 Å². The fourth-order valence-electron chi connectivity index (χ4n) is 2.79. The summed E-state index contributed by atoms with van der Waals surface area (Å²) in [6.45, 7) is 0. The van der Waals surface area contributed by atoms with Crippen LogP contribution in [0, 0.1) is 0 Å². The molecule has 0 radical (unpaired) electrons. The zero-order valence-corrected chi connectivity index (χ0v) is 12.4. The Hall–Kier alpha value is -1.98. The van der Waals surface area contributed by atoms with Gasteiger partial charge in [-0.1, -0.05) is 46.3 Å². The predicted octanol–water partition coefficient (Wildman–Crippen LogP) is 2.88. The van der Waals surface area contributed by atoms with Crippen LogP contribution in [-0.4, -0.2) is 17.8 Å². The largest absolute Gasteiger partial charge is 0.342 e. The Balaban J connectivity index is 1.70. The van der Waals surface area contributed by atoms with Gasteiger partial charge >= 0.3 is 0 Å². The summed E-state index contributed by atoms with van der Waals surface area (Å²) in [4.78, 5) is 24.7. The van der Waals surface area contributed by atoms with E-state index in [2.05, 4.69) is 21.2 Å². The van der Waals surface area contributed by atoms with E-state index in [-0.39, 0.29) is 11.7 Å². The molecule has 1 N–H and O–H groups in total.